The number of allylic oxidation sites excluding steroid dienone is 2. The Labute approximate surface area is 91.0 Å². The van der Waals surface area contributed by atoms with Crippen molar-refractivity contribution in [2.45, 2.75) is 24.9 Å². The minimum Gasteiger partial charge on any atom is -0.399 e. The lowest BCUT2D eigenvalue weighted by atomic mass is 10.0. The smallest absolute Gasteiger partial charge is 0.127 e. The van der Waals surface area contributed by atoms with Gasteiger partial charge in [0.25, 0.3) is 0 Å². The minimum atomic E-state index is -0.544. The molecule has 0 aromatic rings. The lowest BCUT2D eigenvalue weighted by Crippen LogP contribution is -2.57. The van der Waals surface area contributed by atoms with Gasteiger partial charge in [-0.3, -0.25) is 0 Å². The molecule has 0 radical (unpaired) electrons. The molecule has 15 heavy (non-hydrogen) atoms. The molecule has 4 nitrogen and oxygen atoms in total. The van der Waals surface area contributed by atoms with E-state index in [2.05, 4.69) is 10.2 Å². The van der Waals surface area contributed by atoms with Crippen LogP contribution in [0, 0.1) is 0 Å². The predicted octanol–water partition coefficient (Wildman–Crippen LogP) is 0.0868. The summed E-state index contributed by atoms with van der Waals surface area (Å²) >= 11 is 0. The number of rotatable bonds is 3. The van der Waals surface area contributed by atoms with E-state index in [1.54, 1.807) is 0 Å². The number of hydrogen-bond acceptors (Lipinski definition) is 4. The molecule has 2 rings (SSSR count). The van der Waals surface area contributed by atoms with Crippen molar-refractivity contribution in [3.8, 4) is 0 Å². The van der Waals surface area contributed by atoms with E-state index in [0.717, 1.165) is 18.7 Å². The molecule has 5 N–H and O–H groups in total. The van der Waals surface area contributed by atoms with Crippen molar-refractivity contribution in [2.24, 2.45) is 11.5 Å². The summed E-state index contributed by atoms with van der Waals surface area (Å²) in [5.74, 6) is 0. The van der Waals surface area contributed by atoms with Gasteiger partial charge < -0.3 is 21.7 Å². The van der Waals surface area contributed by atoms with Crippen LogP contribution in [0.25, 0.3) is 0 Å². The van der Waals surface area contributed by atoms with E-state index in [4.69, 9.17) is 11.5 Å². The van der Waals surface area contributed by atoms with Gasteiger partial charge in [-0.15, -0.1) is 0 Å². The molecule has 4 heteroatoms. The Bertz CT molecular complexity index is 278. The van der Waals surface area contributed by atoms with E-state index in [0.29, 0.717) is 0 Å². The molecular weight excluding hydrogens is 188 g/mol. The topological polar surface area (TPSA) is 67.3 Å². The molecule has 1 atom stereocenters. The fourth-order valence-corrected chi connectivity index (χ4v) is 2.14. The Morgan fingerprint density at radius 1 is 1.40 bits per heavy atom. The van der Waals surface area contributed by atoms with E-state index in [1.807, 2.05) is 18.4 Å². The second kappa shape index (κ2) is 4.24. The highest BCUT2D eigenvalue weighted by Crippen LogP contribution is 2.16. The summed E-state index contributed by atoms with van der Waals surface area (Å²) < 4.78 is 0. The Kier molecular flexibility index (Phi) is 2.98. The van der Waals surface area contributed by atoms with Crippen LogP contribution in [0.3, 0.4) is 0 Å². The zero-order valence-electron chi connectivity index (χ0n) is 9.08. The highest BCUT2D eigenvalue weighted by molar-refractivity contribution is 5.25. The predicted molar refractivity (Wildman–Crippen MR) is 61.8 cm³/mol. The van der Waals surface area contributed by atoms with Crippen LogP contribution >= 0.6 is 0 Å². The highest BCUT2D eigenvalue weighted by atomic mass is 15.2. The molecular formula is C11H20N4. The minimum absolute atomic E-state index is 0.544. The molecule has 2 heterocycles. The summed E-state index contributed by atoms with van der Waals surface area (Å²) in [5.41, 5.74) is 12.3. The standard InChI is InChI=1S/C11H20N4/c12-10-4-3-6-14-11(10,13)5-9-15-7-1-2-8-15/h3-4,6,14H,1-2,5,7-9,12-13H2. The zero-order valence-corrected chi connectivity index (χ0v) is 9.08. The van der Waals surface area contributed by atoms with Gasteiger partial charge in [0.05, 0.1) is 0 Å². The summed E-state index contributed by atoms with van der Waals surface area (Å²) in [6.07, 6.45) is 9.11. The number of hydrogen-bond donors (Lipinski definition) is 3. The SMILES string of the molecule is NC1=CC=CNC1(N)CCN1CCCC1. The van der Waals surface area contributed by atoms with Gasteiger partial charge in [0.15, 0.2) is 0 Å². The molecule has 0 amide bonds. The third kappa shape index (κ3) is 2.33. The van der Waals surface area contributed by atoms with Gasteiger partial charge in [-0.25, -0.2) is 0 Å². The zero-order chi connectivity index (χ0) is 10.7. The van der Waals surface area contributed by atoms with Gasteiger partial charge in [0.2, 0.25) is 0 Å². The van der Waals surface area contributed by atoms with Crippen molar-refractivity contribution in [1.82, 2.24) is 10.2 Å². The lowest BCUT2D eigenvalue weighted by Gasteiger charge is -2.33. The molecule has 1 saturated heterocycles. The van der Waals surface area contributed by atoms with Crippen molar-refractivity contribution in [2.75, 3.05) is 19.6 Å². The Hall–Kier alpha value is -1.00. The van der Waals surface area contributed by atoms with Gasteiger partial charge in [0.1, 0.15) is 5.66 Å². The molecule has 1 fully saturated rings. The van der Waals surface area contributed by atoms with Crippen LogP contribution in [0.1, 0.15) is 19.3 Å². The van der Waals surface area contributed by atoms with E-state index >= 15 is 0 Å². The van der Waals surface area contributed by atoms with Crippen molar-refractivity contribution in [3.05, 3.63) is 24.0 Å². The fourth-order valence-electron chi connectivity index (χ4n) is 2.14. The number of dihydropyridines is 1. The summed E-state index contributed by atoms with van der Waals surface area (Å²) in [7, 11) is 0. The van der Waals surface area contributed by atoms with Crippen molar-refractivity contribution < 1.29 is 0 Å². The molecule has 0 aliphatic carbocycles. The highest BCUT2D eigenvalue weighted by Gasteiger charge is 2.28. The first-order valence-corrected chi connectivity index (χ1v) is 5.62. The Balaban J connectivity index is 1.87. The van der Waals surface area contributed by atoms with E-state index in [1.165, 1.54) is 25.9 Å². The number of nitrogens with zero attached hydrogens (tertiary/aromatic N) is 1. The van der Waals surface area contributed by atoms with Crippen molar-refractivity contribution >= 4 is 0 Å². The average Bonchev–Trinajstić information content (AvgIpc) is 2.73. The largest absolute Gasteiger partial charge is 0.399 e. The van der Waals surface area contributed by atoms with Gasteiger partial charge in [-0.2, -0.15) is 0 Å². The fraction of sp³-hybridized carbons (Fsp3) is 0.636. The van der Waals surface area contributed by atoms with Crippen LogP contribution < -0.4 is 16.8 Å². The number of likely N-dealkylation sites (tertiary alicyclic amines) is 1. The summed E-state index contributed by atoms with van der Waals surface area (Å²) in [6, 6.07) is 0. The summed E-state index contributed by atoms with van der Waals surface area (Å²) in [5, 5.41) is 3.15. The molecule has 0 saturated carbocycles. The van der Waals surface area contributed by atoms with Crippen LogP contribution in [0.4, 0.5) is 0 Å². The second-order valence-electron chi connectivity index (χ2n) is 4.40. The molecule has 0 aromatic carbocycles. The molecule has 0 spiro atoms. The van der Waals surface area contributed by atoms with Crippen LogP contribution in [0.5, 0.6) is 0 Å². The summed E-state index contributed by atoms with van der Waals surface area (Å²) in [4.78, 5) is 2.45. The third-order valence-corrected chi connectivity index (χ3v) is 3.25. The van der Waals surface area contributed by atoms with Crippen molar-refractivity contribution in [3.63, 3.8) is 0 Å². The molecule has 0 aromatic heterocycles. The maximum absolute atomic E-state index is 6.20. The van der Waals surface area contributed by atoms with Crippen LogP contribution in [-0.4, -0.2) is 30.2 Å². The Morgan fingerprint density at radius 2 is 2.13 bits per heavy atom. The molecule has 1 unspecified atom stereocenters. The molecule has 2 aliphatic rings. The normalized spacial score (nSPS) is 31.4. The van der Waals surface area contributed by atoms with Gasteiger partial charge in [-0.1, -0.05) is 0 Å². The van der Waals surface area contributed by atoms with E-state index in [9.17, 15) is 0 Å². The number of nitrogens with two attached hydrogens (primary N) is 2. The maximum atomic E-state index is 6.20. The summed E-state index contributed by atoms with van der Waals surface area (Å²) in [6.45, 7) is 3.43. The first-order chi connectivity index (χ1) is 7.21. The molecule has 84 valence electrons. The first-order valence-electron chi connectivity index (χ1n) is 5.62. The number of nitrogens with one attached hydrogen (secondary N) is 1. The third-order valence-electron chi connectivity index (χ3n) is 3.25. The molecule has 0 bridgehead atoms. The van der Waals surface area contributed by atoms with Crippen LogP contribution in [-0.2, 0) is 0 Å². The average molecular weight is 208 g/mol. The van der Waals surface area contributed by atoms with E-state index in [-0.39, 0.29) is 0 Å². The van der Waals surface area contributed by atoms with Gasteiger partial charge in [0, 0.05) is 18.7 Å². The monoisotopic (exact) mass is 208 g/mol. The quantitative estimate of drug-likeness (QED) is 0.615. The van der Waals surface area contributed by atoms with Crippen LogP contribution in [0.15, 0.2) is 24.0 Å². The Morgan fingerprint density at radius 3 is 2.80 bits per heavy atom. The lowest BCUT2D eigenvalue weighted by molar-refractivity contribution is 0.282. The van der Waals surface area contributed by atoms with Crippen molar-refractivity contribution in [1.29, 1.82) is 0 Å². The second-order valence-corrected chi connectivity index (χ2v) is 4.40. The first kappa shape index (κ1) is 10.5. The van der Waals surface area contributed by atoms with E-state index < -0.39 is 5.66 Å². The molecule has 2 aliphatic heterocycles. The van der Waals surface area contributed by atoms with Gasteiger partial charge >= 0.3 is 0 Å². The van der Waals surface area contributed by atoms with Gasteiger partial charge in [-0.05, 0) is 44.3 Å². The van der Waals surface area contributed by atoms with Crippen LogP contribution in [0.2, 0.25) is 0 Å². The maximum Gasteiger partial charge on any atom is 0.127 e.